The van der Waals surface area contributed by atoms with Crippen LogP contribution in [0.15, 0.2) is 0 Å². The number of nitrogens with zero attached hydrogens (tertiary/aromatic N) is 3. The van der Waals surface area contributed by atoms with Gasteiger partial charge in [-0.3, -0.25) is 9.89 Å². The average Bonchev–Trinajstić information content (AvgIpc) is 2.96. The largest absolute Gasteiger partial charge is 0.411 e. The van der Waals surface area contributed by atoms with Gasteiger partial charge in [-0.25, -0.2) is 4.98 Å². The number of rotatable bonds is 5. The molecule has 2 rings (SSSR count). The van der Waals surface area contributed by atoms with Gasteiger partial charge in [0.2, 0.25) is 5.91 Å². The molecular formula is C13H19F3N4O3. The molecule has 7 nitrogen and oxygen atoms in total. The summed E-state index contributed by atoms with van der Waals surface area (Å²) < 4.78 is 46.0. The molecule has 0 aliphatic carbocycles. The maximum atomic E-state index is 12.0. The number of nitrogens with one attached hydrogen (secondary N) is 1. The van der Waals surface area contributed by atoms with Crippen LogP contribution in [0, 0.1) is 0 Å². The van der Waals surface area contributed by atoms with E-state index in [1.807, 2.05) is 13.8 Å². The van der Waals surface area contributed by atoms with E-state index in [9.17, 15) is 18.0 Å². The Bertz CT molecular complexity index is 533. The number of morpholine rings is 1. The predicted octanol–water partition coefficient (Wildman–Crippen LogP) is 1.41. The summed E-state index contributed by atoms with van der Waals surface area (Å²) in [6, 6.07) is 0. The van der Waals surface area contributed by atoms with Crippen molar-refractivity contribution in [3.05, 3.63) is 11.6 Å². The number of aromatic amines is 1. The summed E-state index contributed by atoms with van der Waals surface area (Å²) in [5, 5.41) is 6.84. The van der Waals surface area contributed by atoms with Gasteiger partial charge in [0.1, 0.15) is 19.3 Å². The number of halogens is 3. The molecule has 1 aromatic heterocycles. The standard InChI is InChI=1S/C13H19F3N4O3/c1-8(2)11-17-12(19-18-11)9-5-20(3-4-23-9)10(21)6-22-7-13(14,15)16/h8-9H,3-7H2,1-2H3,(H,17,18,19)/t9-/m1/s1. The first-order valence-corrected chi connectivity index (χ1v) is 7.22. The number of hydrogen-bond donors (Lipinski definition) is 1. The number of hydrogen-bond acceptors (Lipinski definition) is 5. The Labute approximate surface area is 131 Å². The first-order chi connectivity index (χ1) is 10.8. The lowest BCUT2D eigenvalue weighted by Crippen LogP contribution is -2.44. The summed E-state index contributed by atoms with van der Waals surface area (Å²) >= 11 is 0. The highest BCUT2D eigenvalue weighted by atomic mass is 19.4. The van der Waals surface area contributed by atoms with Gasteiger partial charge in [-0.15, -0.1) is 0 Å². The number of aromatic nitrogens is 3. The molecule has 0 saturated carbocycles. The molecule has 1 aliphatic heterocycles. The third-order valence-electron chi connectivity index (χ3n) is 3.25. The first-order valence-electron chi connectivity index (χ1n) is 7.22. The van der Waals surface area contributed by atoms with Crippen molar-refractivity contribution in [3.63, 3.8) is 0 Å². The Balaban J connectivity index is 1.88. The molecule has 130 valence electrons. The van der Waals surface area contributed by atoms with Crippen molar-refractivity contribution in [1.82, 2.24) is 20.1 Å². The van der Waals surface area contributed by atoms with Crippen molar-refractivity contribution >= 4 is 5.91 Å². The fourth-order valence-corrected chi connectivity index (χ4v) is 2.08. The third kappa shape index (κ3) is 5.17. The quantitative estimate of drug-likeness (QED) is 0.879. The van der Waals surface area contributed by atoms with E-state index in [0.29, 0.717) is 18.2 Å². The number of H-pyrrole nitrogens is 1. The van der Waals surface area contributed by atoms with Crippen LogP contribution < -0.4 is 0 Å². The second-order valence-corrected chi connectivity index (χ2v) is 5.54. The smallest absolute Gasteiger partial charge is 0.367 e. The van der Waals surface area contributed by atoms with Gasteiger partial charge in [0, 0.05) is 12.5 Å². The van der Waals surface area contributed by atoms with E-state index < -0.39 is 31.4 Å². The number of alkyl halides is 3. The normalized spacial score (nSPS) is 19.4. The molecule has 10 heteroatoms. The number of ether oxygens (including phenoxy) is 2. The molecule has 0 bridgehead atoms. The average molecular weight is 336 g/mol. The van der Waals surface area contributed by atoms with Crippen molar-refractivity contribution in [2.75, 3.05) is 32.9 Å². The molecule has 0 aromatic carbocycles. The lowest BCUT2D eigenvalue weighted by atomic mass is 10.2. The van der Waals surface area contributed by atoms with Gasteiger partial charge >= 0.3 is 6.18 Å². The van der Waals surface area contributed by atoms with Crippen molar-refractivity contribution in [2.45, 2.75) is 32.0 Å². The Kier molecular flexibility index (Phi) is 5.58. The second-order valence-electron chi connectivity index (χ2n) is 5.54. The fraction of sp³-hybridized carbons (Fsp3) is 0.769. The van der Waals surface area contributed by atoms with Crippen LogP contribution in [0.25, 0.3) is 0 Å². The van der Waals surface area contributed by atoms with E-state index in [1.54, 1.807) is 0 Å². The minimum Gasteiger partial charge on any atom is -0.367 e. The first kappa shape index (κ1) is 17.7. The van der Waals surface area contributed by atoms with E-state index in [4.69, 9.17) is 4.74 Å². The molecule has 1 aromatic rings. The zero-order chi connectivity index (χ0) is 17.0. The molecule has 1 amide bonds. The summed E-state index contributed by atoms with van der Waals surface area (Å²) in [4.78, 5) is 17.6. The van der Waals surface area contributed by atoms with E-state index in [1.165, 1.54) is 4.90 Å². The Morgan fingerprint density at radius 3 is 2.87 bits per heavy atom. The Morgan fingerprint density at radius 2 is 2.26 bits per heavy atom. The summed E-state index contributed by atoms with van der Waals surface area (Å²) in [5.41, 5.74) is 0. The number of carbonyl (C=O) groups is 1. The van der Waals surface area contributed by atoms with Crippen LogP contribution in [-0.4, -0.2) is 65.1 Å². The van der Waals surface area contributed by atoms with Crippen LogP contribution in [0.1, 0.15) is 37.5 Å². The van der Waals surface area contributed by atoms with Crippen LogP contribution in [0.2, 0.25) is 0 Å². The van der Waals surface area contributed by atoms with Gasteiger partial charge < -0.3 is 14.4 Å². The van der Waals surface area contributed by atoms with Gasteiger partial charge in [-0.2, -0.15) is 18.3 Å². The van der Waals surface area contributed by atoms with E-state index >= 15 is 0 Å². The minimum absolute atomic E-state index is 0.150. The van der Waals surface area contributed by atoms with Gasteiger partial charge in [-0.1, -0.05) is 13.8 Å². The van der Waals surface area contributed by atoms with Crippen LogP contribution in [0.3, 0.4) is 0 Å². The highest BCUT2D eigenvalue weighted by Gasteiger charge is 2.30. The van der Waals surface area contributed by atoms with Crippen molar-refractivity contribution in [2.24, 2.45) is 0 Å². The molecular weight excluding hydrogens is 317 g/mol. The molecule has 1 fully saturated rings. The van der Waals surface area contributed by atoms with Gasteiger partial charge in [0.05, 0.1) is 13.2 Å². The zero-order valence-electron chi connectivity index (χ0n) is 12.9. The van der Waals surface area contributed by atoms with Crippen LogP contribution in [0.4, 0.5) is 13.2 Å². The van der Waals surface area contributed by atoms with Gasteiger partial charge in [0.15, 0.2) is 11.6 Å². The van der Waals surface area contributed by atoms with Crippen LogP contribution in [0.5, 0.6) is 0 Å². The highest BCUT2D eigenvalue weighted by molar-refractivity contribution is 5.77. The molecule has 2 heterocycles. The molecule has 1 atom stereocenters. The monoisotopic (exact) mass is 336 g/mol. The van der Waals surface area contributed by atoms with Crippen molar-refractivity contribution in [3.8, 4) is 0 Å². The summed E-state index contributed by atoms with van der Waals surface area (Å²) in [6.07, 6.45) is -4.92. The minimum atomic E-state index is -4.44. The fourth-order valence-electron chi connectivity index (χ4n) is 2.08. The summed E-state index contributed by atoms with van der Waals surface area (Å²) in [7, 11) is 0. The highest BCUT2D eigenvalue weighted by Crippen LogP contribution is 2.21. The maximum Gasteiger partial charge on any atom is 0.411 e. The molecule has 0 unspecified atom stereocenters. The Hall–Kier alpha value is -1.68. The SMILES string of the molecule is CC(C)c1n[nH]c([C@H]2CN(C(=O)COCC(F)(F)F)CCO2)n1. The number of carbonyl (C=O) groups excluding carboxylic acids is 1. The summed E-state index contributed by atoms with van der Waals surface area (Å²) in [5.74, 6) is 0.784. The van der Waals surface area contributed by atoms with Crippen LogP contribution in [-0.2, 0) is 14.3 Å². The Morgan fingerprint density at radius 1 is 1.52 bits per heavy atom. The number of amides is 1. The topological polar surface area (TPSA) is 80.3 Å². The predicted molar refractivity (Wildman–Crippen MR) is 72.6 cm³/mol. The zero-order valence-corrected chi connectivity index (χ0v) is 12.9. The molecule has 23 heavy (non-hydrogen) atoms. The molecule has 0 radical (unpaired) electrons. The molecule has 1 aliphatic rings. The van der Waals surface area contributed by atoms with Gasteiger partial charge in [-0.05, 0) is 0 Å². The molecule has 1 N–H and O–H groups in total. The van der Waals surface area contributed by atoms with E-state index in [2.05, 4.69) is 19.9 Å². The van der Waals surface area contributed by atoms with E-state index in [0.717, 1.165) is 0 Å². The van der Waals surface area contributed by atoms with Crippen molar-refractivity contribution in [1.29, 1.82) is 0 Å². The molecule has 0 spiro atoms. The molecule has 1 saturated heterocycles. The van der Waals surface area contributed by atoms with E-state index in [-0.39, 0.29) is 19.1 Å². The maximum absolute atomic E-state index is 12.0. The third-order valence-corrected chi connectivity index (χ3v) is 3.25. The lowest BCUT2D eigenvalue weighted by molar-refractivity contribution is -0.179. The lowest BCUT2D eigenvalue weighted by Gasteiger charge is -2.31. The summed E-state index contributed by atoms with van der Waals surface area (Å²) in [6.45, 7) is 2.61. The second kappa shape index (κ2) is 7.26. The van der Waals surface area contributed by atoms with Crippen molar-refractivity contribution < 1.29 is 27.4 Å². The van der Waals surface area contributed by atoms with Gasteiger partial charge in [0.25, 0.3) is 0 Å². The van der Waals surface area contributed by atoms with Crippen LogP contribution >= 0.6 is 0 Å².